The molecule has 0 aliphatic carbocycles. The van der Waals surface area contributed by atoms with Gasteiger partial charge < -0.3 is 19.9 Å². The number of aliphatic hydroxyl groups is 1. The Hall–Kier alpha value is -2.05. The summed E-state index contributed by atoms with van der Waals surface area (Å²) in [7, 11) is 1.52. The fourth-order valence-electron chi connectivity index (χ4n) is 1.99. The second-order valence-electron chi connectivity index (χ2n) is 4.74. The third-order valence-electron chi connectivity index (χ3n) is 3.11. The lowest BCUT2D eigenvalue weighted by atomic mass is 10.2. The van der Waals surface area contributed by atoms with E-state index in [0.29, 0.717) is 28.1 Å². The fourth-order valence-corrected chi connectivity index (χ4v) is 2.55. The van der Waals surface area contributed by atoms with Gasteiger partial charge in [0.25, 0.3) is 5.91 Å². The highest BCUT2D eigenvalue weighted by Gasteiger charge is 2.15. The molecule has 23 heavy (non-hydrogen) atoms. The van der Waals surface area contributed by atoms with Crippen LogP contribution in [-0.2, 0) is 6.61 Å². The lowest BCUT2D eigenvalue weighted by Gasteiger charge is -2.14. The Morgan fingerprint density at radius 2 is 2.00 bits per heavy atom. The number of amides is 1. The van der Waals surface area contributed by atoms with Crippen LogP contribution in [0.5, 0.6) is 11.5 Å². The van der Waals surface area contributed by atoms with Crippen LogP contribution in [0.2, 0.25) is 0 Å². The van der Waals surface area contributed by atoms with Crippen LogP contribution in [0, 0.1) is 0 Å². The highest BCUT2D eigenvalue weighted by atomic mass is 79.9. The molecule has 0 saturated heterocycles. The Kier molecular flexibility index (Phi) is 6.43. The molecule has 0 saturated carbocycles. The molecule has 5 nitrogen and oxygen atoms in total. The predicted octanol–water partition coefficient (Wildman–Crippen LogP) is 2.76. The number of halogens is 1. The van der Waals surface area contributed by atoms with Crippen molar-refractivity contribution >= 4 is 21.8 Å². The Morgan fingerprint density at radius 1 is 1.26 bits per heavy atom. The molecule has 2 rings (SSSR count). The summed E-state index contributed by atoms with van der Waals surface area (Å²) in [6.07, 6.45) is 0. The van der Waals surface area contributed by atoms with Crippen molar-refractivity contribution in [1.29, 1.82) is 0 Å². The van der Waals surface area contributed by atoms with E-state index in [9.17, 15) is 4.79 Å². The lowest BCUT2D eigenvalue weighted by Crippen LogP contribution is -2.26. The number of hydrogen-bond acceptors (Lipinski definition) is 4. The molecule has 0 bridgehead atoms. The van der Waals surface area contributed by atoms with Crippen molar-refractivity contribution in [1.82, 2.24) is 5.32 Å². The maximum absolute atomic E-state index is 12.0. The van der Waals surface area contributed by atoms with E-state index in [4.69, 9.17) is 14.6 Å². The van der Waals surface area contributed by atoms with Gasteiger partial charge in [-0.2, -0.15) is 0 Å². The molecule has 0 radical (unpaired) electrons. The molecule has 0 atom stereocenters. The fraction of sp³-hybridized carbons (Fsp3) is 0.235. The minimum Gasteiger partial charge on any atom is -0.493 e. The number of rotatable bonds is 7. The molecular formula is C17H18BrNO4. The molecule has 1 amide bonds. The molecule has 2 N–H and O–H groups in total. The van der Waals surface area contributed by atoms with Gasteiger partial charge in [0.1, 0.15) is 6.61 Å². The molecule has 2 aromatic carbocycles. The number of hydrogen-bond donors (Lipinski definition) is 2. The number of benzene rings is 2. The van der Waals surface area contributed by atoms with Crippen molar-refractivity contribution in [3.63, 3.8) is 0 Å². The van der Waals surface area contributed by atoms with E-state index < -0.39 is 0 Å². The van der Waals surface area contributed by atoms with Crippen molar-refractivity contribution in [3.8, 4) is 11.5 Å². The highest BCUT2D eigenvalue weighted by Crippen LogP contribution is 2.37. The van der Waals surface area contributed by atoms with Gasteiger partial charge in [-0.3, -0.25) is 4.79 Å². The number of ether oxygens (including phenoxy) is 2. The van der Waals surface area contributed by atoms with E-state index in [1.54, 1.807) is 12.1 Å². The van der Waals surface area contributed by atoms with Crippen molar-refractivity contribution < 1.29 is 19.4 Å². The first-order valence-electron chi connectivity index (χ1n) is 7.09. The second kappa shape index (κ2) is 8.55. The van der Waals surface area contributed by atoms with E-state index >= 15 is 0 Å². The van der Waals surface area contributed by atoms with Gasteiger partial charge in [-0.05, 0) is 33.6 Å². The standard InChI is InChI=1S/C17H18BrNO4/c1-22-15-10-13(17(21)19-7-8-20)9-14(18)16(15)23-11-12-5-3-2-4-6-12/h2-6,9-10,20H,7-8,11H2,1H3,(H,19,21). The summed E-state index contributed by atoms with van der Waals surface area (Å²) >= 11 is 3.41. The molecular weight excluding hydrogens is 362 g/mol. The average molecular weight is 380 g/mol. The summed E-state index contributed by atoms with van der Waals surface area (Å²) in [5.74, 6) is 0.715. The lowest BCUT2D eigenvalue weighted by molar-refractivity contribution is 0.0944. The molecule has 0 unspecified atom stereocenters. The van der Waals surface area contributed by atoms with Crippen molar-refractivity contribution in [2.75, 3.05) is 20.3 Å². The average Bonchev–Trinajstić information content (AvgIpc) is 2.58. The number of carbonyl (C=O) groups is 1. The monoisotopic (exact) mass is 379 g/mol. The Morgan fingerprint density at radius 3 is 2.65 bits per heavy atom. The van der Waals surface area contributed by atoms with Crippen LogP contribution in [-0.4, -0.2) is 31.3 Å². The first kappa shape index (κ1) is 17.3. The SMILES string of the molecule is COc1cc(C(=O)NCCO)cc(Br)c1OCc1ccccc1. The van der Waals surface area contributed by atoms with Gasteiger partial charge in [0.05, 0.1) is 18.2 Å². The Labute approximate surface area is 143 Å². The van der Waals surface area contributed by atoms with Gasteiger partial charge in [0.15, 0.2) is 11.5 Å². The van der Waals surface area contributed by atoms with E-state index in [1.165, 1.54) is 7.11 Å². The van der Waals surface area contributed by atoms with Crippen LogP contribution in [0.4, 0.5) is 0 Å². The van der Waals surface area contributed by atoms with Crippen molar-refractivity contribution in [2.45, 2.75) is 6.61 Å². The molecule has 0 aliphatic heterocycles. The maximum atomic E-state index is 12.0. The summed E-state index contributed by atoms with van der Waals surface area (Å²) in [5.41, 5.74) is 1.46. The zero-order valence-corrected chi connectivity index (χ0v) is 14.3. The highest BCUT2D eigenvalue weighted by molar-refractivity contribution is 9.10. The summed E-state index contributed by atoms with van der Waals surface area (Å²) in [6.45, 7) is 0.485. The molecule has 0 heterocycles. The van der Waals surface area contributed by atoms with Gasteiger partial charge in [0, 0.05) is 12.1 Å². The topological polar surface area (TPSA) is 67.8 Å². The molecule has 6 heteroatoms. The van der Waals surface area contributed by atoms with Crippen molar-refractivity contribution in [2.24, 2.45) is 0 Å². The van der Waals surface area contributed by atoms with Gasteiger partial charge >= 0.3 is 0 Å². The predicted molar refractivity (Wildman–Crippen MR) is 90.9 cm³/mol. The first-order chi connectivity index (χ1) is 11.2. The van der Waals surface area contributed by atoms with Crippen LogP contribution < -0.4 is 14.8 Å². The number of carbonyl (C=O) groups excluding carboxylic acids is 1. The maximum Gasteiger partial charge on any atom is 0.251 e. The summed E-state index contributed by atoms with van der Waals surface area (Å²) < 4.78 is 11.8. The van der Waals surface area contributed by atoms with Crippen LogP contribution in [0.1, 0.15) is 15.9 Å². The Balaban J connectivity index is 2.18. The van der Waals surface area contributed by atoms with Gasteiger partial charge in [-0.15, -0.1) is 0 Å². The normalized spacial score (nSPS) is 10.2. The van der Waals surface area contributed by atoms with E-state index in [-0.39, 0.29) is 19.1 Å². The molecule has 2 aromatic rings. The Bertz CT molecular complexity index is 661. The summed E-state index contributed by atoms with van der Waals surface area (Å²) in [5, 5.41) is 11.4. The van der Waals surface area contributed by atoms with Gasteiger partial charge in [-0.25, -0.2) is 0 Å². The third-order valence-corrected chi connectivity index (χ3v) is 3.70. The largest absolute Gasteiger partial charge is 0.493 e. The van der Waals surface area contributed by atoms with Crippen LogP contribution in [0.15, 0.2) is 46.9 Å². The third kappa shape index (κ3) is 4.71. The molecule has 0 aliphatic rings. The quantitative estimate of drug-likeness (QED) is 0.775. The van der Waals surface area contributed by atoms with Crippen LogP contribution >= 0.6 is 15.9 Å². The van der Waals surface area contributed by atoms with E-state index in [2.05, 4.69) is 21.2 Å². The van der Waals surface area contributed by atoms with E-state index in [1.807, 2.05) is 30.3 Å². The van der Waals surface area contributed by atoms with Gasteiger partial charge in [-0.1, -0.05) is 30.3 Å². The minimum atomic E-state index is -0.285. The van der Waals surface area contributed by atoms with Gasteiger partial charge in [0.2, 0.25) is 0 Å². The molecule has 122 valence electrons. The number of methoxy groups -OCH3 is 1. The first-order valence-corrected chi connectivity index (χ1v) is 7.88. The zero-order valence-electron chi connectivity index (χ0n) is 12.7. The van der Waals surface area contributed by atoms with Crippen LogP contribution in [0.3, 0.4) is 0 Å². The number of aliphatic hydroxyl groups excluding tert-OH is 1. The second-order valence-corrected chi connectivity index (χ2v) is 5.60. The van der Waals surface area contributed by atoms with Crippen LogP contribution in [0.25, 0.3) is 0 Å². The minimum absolute atomic E-state index is 0.109. The van der Waals surface area contributed by atoms with Crippen molar-refractivity contribution in [3.05, 3.63) is 58.1 Å². The van der Waals surface area contributed by atoms with E-state index in [0.717, 1.165) is 5.56 Å². The smallest absolute Gasteiger partial charge is 0.251 e. The number of nitrogens with one attached hydrogen (secondary N) is 1. The molecule has 0 fully saturated rings. The summed E-state index contributed by atoms with van der Waals surface area (Å²) in [4.78, 5) is 12.0. The molecule has 0 spiro atoms. The summed E-state index contributed by atoms with van der Waals surface area (Å²) in [6, 6.07) is 13.0. The molecule has 0 aromatic heterocycles. The zero-order chi connectivity index (χ0) is 16.7.